The Labute approximate surface area is 107 Å². The van der Waals surface area contributed by atoms with Gasteiger partial charge in [-0.2, -0.15) is 0 Å². The van der Waals surface area contributed by atoms with Crippen LogP contribution in [0.25, 0.3) is 5.69 Å². The SMILES string of the molecule is Cc1ccccc1-n1c(C)cc(C)c(CN)c1=O. The molecule has 0 spiro atoms. The van der Waals surface area contributed by atoms with Crippen molar-refractivity contribution in [3.05, 3.63) is 63.1 Å². The van der Waals surface area contributed by atoms with E-state index >= 15 is 0 Å². The van der Waals surface area contributed by atoms with Crippen molar-refractivity contribution >= 4 is 0 Å². The molecule has 2 N–H and O–H groups in total. The number of nitrogens with two attached hydrogens (primary N) is 1. The molecule has 0 unspecified atom stereocenters. The number of nitrogens with zero attached hydrogens (tertiary/aromatic N) is 1. The molecule has 1 heterocycles. The van der Waals surface area contributed by atoms with Crippen molar-refractivity contribution < 1.29 is 0 Å². The highest BCUT2D eigenvalue weighted by Crippen LogP contribution is 2.15. The van der Waals surface area contributed by atoms with Gasteiger partial charge in [0.2, 0.25) is 0 Å². The van der Waals surface area contributed by atoms with Crippen LogP contribution in [0.15, 0.2) is 35.1 Å². The Morgan fingerprint density at radius 2 is 1.78 bits per heavy atom. The number of para-hydroxylation sites is 1. The number of pyridine rings is 1. The Balaban J connectivity index is 2.81. The van der Waals surface area contributed by atoms with Gasteiger partial charge in [-0.25, -0.2) is 0 Å². The Morgan fingerprint density at radius 3 is 2.39 bits per heavy atom. The molecular weight excluding hydrogens is 224 g/mol. The van der Waals surface area contributed by atoms with E-state index in [0.29, 0.717) is 5.56 Å². The summed E-state index contributed by atoms with van der Waals surface area (Å²) in [6.45, 7) is 6.15. The first-order chi connectivity index (χ1) is 8.56. The number of hydrogen-bond donors (Lipinski definition) is 1. The third kappa shape index (κ3) is 1.97. The molecule has 2 rings (SSSR count). The molecule has 3 heteroatoms. The normalized spacial score (nSPS) is 10.7. The summed E-state index contributed by atoms with van der Waals surface area (Å²) in [5, 5.41) is 0. The Morgan fingerprint density at radius 1 is 1.11 bits per heavy atom. The van der Waals surface area contributed by atoms with Gasteiger partial charge in [0.25, 0.3) is 5.56 Å². The lowest BCUT2D eigenvalue weighted by Crippen LogP contribution is -2.27. The fourth-order valence-corrected chi connectivity index (χ4v) is 2.29. The zero-order valence-corrected chi connectivity index (χ0v) is 11.0. The average molecular weight is 242 g/mol. The van der Waals surface area contributed by atoms with E-state index < -0.39 is 0 Å². The van der Waals surface area contributed by atoms with Crippen LogP contribution in [0, 0.1) is 20.8 Å². The van der Waals surface area contributed by atoms with Gasteiger partial charge in [0.1, 0.15) is 0 Å². The van der Waals surface area contributed by atoms with Gasteiger partial charge in [-0.15, -0.1) is 0 Å². The summed E-state index contributed by atoms with van der Waals surface area (Å²) in [7, 11) is 0. The summed E-state index contributed by atoms with van der Waals surface area (Å²) in [4.78, 5) is 12.5. The quantitative estimate of drug-likeness (QED) is 0.877. The number of aromatic nitrogens is 1. The molecule has 1 aromatic carbocycles. The van der Waals surface area contributed by atoms with Gasteiger partial charge in [-0.05, 0) is 44.0 Å². The summed E-state index contributed by atoms with van der Waals surface area (Å²) >= 11 is 0. The highest BCUT2D eigenvalue weighted by atomic mass is 16.1. The van der Waals surface area contributed by atoms with Crippen molar-refractivity contribution in [2.45, 2.75) is 27.3 Å². The molecule has 0 aliphatic carbocycles. The molecule has 0 saturated heterocycles. The number of hydrogen-bond acceptors (Lipinski definition) is 2. The van der Waals surface area contributed by atoms with E-state index in [1.165, 1.54) is 0 Å². The lowest BCUT2D eigenvalue weighted by atomic mass is 10.1. The van der Waals surface area contributed by atoms with Crippen LogP contribution in [-0.2, 0) is 6.54 Å². The summed E-state index contributed by atoms with van der Waals surface area (Å²) in [5.74, 6) is 0. The van der Waals surface area contributed by atoms with E-state index in [1.807, 2.05) is 51.1 Å². The summed E-state index contributed by atoms with van der Waals surface area (Å²) in [6, 6.07) is 9.88. The zero-order chi connectivity index (χ0) is 13.3. The van der Waals surface area contributed by atoms with Crippen molar-refractivity contribution in [1.82, 2.24) is 4.57 Å². The average Bonchev–Trinajstić information content (AvgIpc) is 2.31. The molecular formula is C15H18N2O. The number of aryl methyl sites for hydroxylation is 3. The first-order valence-electron chi connectivity index (χ1n) is 6.04. The fraction of sp³-hybridized carbons (Fsp3) is 0.267. The zero-order valence-electron chi connectivity index (χ0n) is 11.0. The van der Waals surface area contributed by atoms with Crippen LogP contribution in [0.1, 0.15) is 22.4 Å². The molecule has 3 nitrogen and oxygen atoms in total. The number of benzene rings is 1. The highest BCUT2D eigenvalue weighted by Gasteiger charge is 2.11. The predicted molar refractivity (Wildman–Crippen MR) is 74.1 cm³/mol. The first kappa shape index (κ1) is 12.6. The highest BCUT2D eigenvalue weighted by molar-refractivity contribution is 5.43. The minimum atomic E-state index is -0.00991. The van der Waals surface area contributed by atoms with Crippen molar-refractivity contribution in [1.29, 1.82) is 0 Å². The van der Waals surface area contributed by atoms with Crippen molar-refractivity contribution in [2.24, 2.45) is 5.73 Å². The van der Waals surface area contributed by atoms with E-state index in [-0.39, 0.29) is 12.1 Å². The Bertz CT molecular complexity index is 641. The second-order valence-corrected chi connectivity index (χ2v) is 4.58. The molecule has 0 amide bonds. The summed E-state index contributed by atoms with van der Waals surface area (Å²) in [6.07, 6.45) is 0. The van der Waals surface area contributed by atoms with Crippen LogP contribution < -0.4 is 11.3 Å². The smallest absolute Gasteiger partial charge is 0.260 e. The molecule has 94 valence electrons. The first-order valence-corrected chi connectivity index (χ1v) is 6.04. The largest absolute Gasteiger partial charge is 0.326 e. The fourth-order valence-electron chi connectivity index (χ4n) is 2.29. The second kappa shape index (κ2) is 4.78. The third-order valence-electron chi connectivity index (χ3n) is 3.28. The van der Waals surface area contributed by atoms with Gasteiger partial charge in [-0.3, -0.25) is 9.36 Å². The van der Waals surface area contributed by atoms with Crippen molar-refractivity contribution in [3.8, 4) is 5.69 Å². The van der Waals surface area contributed by atoms with E-state index in [2.05, 4.69) is 0 Å². The van der Waals surface area contributed by atoms with Crippen molar-refractivity contribution in [3.63, 3.8) is 0 Å². The van der Waals surface area contributed by atoms with Gasteiger partial charge in [0, 0.05) is 17.8 Å². The van der Waals surface area contributed by atoms with Crippen LogP contribution in [0.2, 0.25) is 0 Å². The molecule has 18 heavy (non-hydrogen) atoms. The van der Waals surface area contributed by atoms with Gasteiger partial charge in [-0.1, -0.05) is 18.2 Å². The van der Waals surface area contributed by atoms with Gasteiger partial charge >= 0.3 is 0 Å². The minimum absolute atomic E-state index is 0.00991. The van der Waals surface area contributed by atoms with Crippen LogP contribution >= 0.6 is 0 Å². The third-order valence-corrected chi connectivity index (χ3v) is 3.28. The maximum absolute atomic E-state index is 12.5. The van der Waals surface area contributed by atoms with Gasteiger partial charge in [0.15, 0.2) is 0 Å². The lowest BCUT2D eigenvalue weighted by Gasteiger charge is -2.15. The van der Waals surface area contributed by atoms with Gasteiger partial charge < -0.3 is 5.73 Å². The van der Waals surface area contributed by atoms with Crippen LogP contribution in [0.4, 0.5) is 0 Å². The lowest BCUT2D eigenvalue weighted by molar-refractivity contribution is 0.871. The Hall–Kier alpha value is -1.87. The molecule has 0 fully saturated rings. The molecule has 0 aliphatic heterocycles. The van der Waals surface area contributed by atoms with Crippen LogP contribution in [0.5, 0.6) is 0 Å². The summed E-state index contributed by atoms with van der Waals surface area (Å²) in [5.41, 5.74) is 10.2. The molecule has 0 aliphatic rings. The van der Waals surface area contributed by atoms with Crippen LogP contribution in [0.3, 0.4) is 0 Å². The van der Waals surface area contributed by atoms with Crippen molar-refractivity contribution in [2.75, 3.05) is 0 Å². The number of rotatable bonds is 2. The molecule has 0 atom stereocenters. The molecule has 1 aromatic heterocycles. The molecule has 2 aromatic rings. The van der Waals surface area contributed by atoms with Crippen LogP contribution in [-0.4, -0.2) is 4.57 Å². The monoisotopic (exact) mass is 242 g/mol. The molecule has 0 bridgehead atoms. The molecule has 0 saturated carbocycles. The van der Waals surface area contributed by atoms with Gasteiger partial charge in [0.05, 0.1) is 5.69 Å². The maximum atomic E-state index is 12.5. The standard InChI is InChI=1S/C15H18N2O/c1-10-6-4-5-7-14(10)17-12(3)8-11(2)13(9-16)15(17)18/h4-8H,9,16H2,1-3H3. The minimum Gasteiger partial charge on any atom is -0.326 e. The van der Waals surface area contributed by atoms with E-state index in [0.717, 1.165) is 22.5 Å². The van der Waals surface area contributed by atoms with E-state index in [4.69, 9.17) is 5.73 Å². The Kier molecular flexibility index (Phi) is 3.34. The van der Waals surface area contributed by atoms with E-state index in [1.54, 1.807) is 4.57 Å². The predicted octanol–water partition coefficient (Wildman–Crippen LogP) is 2.22. The second-order valence-electron chi connectivity index (χ2n) is 4.58. The van der Waals surface area contributed by atoms with E-state index in [9.17, 15) is 4.79 Å². The topological polar surface area (TPSA) is 48.0 Å². The summed E-state index contributed by atoms with van der Waals surface area (Å²) < 4.78 is 1.74. The maximum Gasteiger partial charge on any atom is 0.260 e. The molecule has 0 radical (unpaired) electrons.